The first-order valence-corrected chi connectivity index (χ1v) is 4.16. The number of aryl methyl sites for hydroxylation is 1. The molecule has 0 aromatic carbocycles. The standard InChI is InChI=1S/C10H11F2NO/c1-3-4-10(11,12)14-9-5-8(2)6-13-7-9/h3-7H,1-2H3/b4-3+. The van der Waals surface area contributed by atoms with Gasteiger partial charge < -0.3 is 4.74 Å². The van der Waals surface area contributed by atoms with Crippen LogP contribution in [0.25, 0.3) is 0 Å². The molecule has 0 aliphatic rings. The molecule has 4 heteroatoms. The minimum Gasteiger partial charge on any atom is -0.428 e. The summed E-state index contributed by atoms with van der Waals surface area (Å²) in [5, 5.41) is 0. The first-order chi connectivity index (χ1) is 6.53. The number of rotatable bonds is 3. The predicted octanol–water partition coefficient (Wildman–Crippen LogP) is 2.94. The van der Waals surface area contributed by atoms with Crippen LogP contribution in [0.3, 0.4) is 0 Å². The number of halogens is 2. The van der Waals surface area contributed by atoms with E-state index in [1.54, 1.807) is 13.1 Å². The predicted molar refractivity (Wildman–Crippen MR) is 49.4 cm³/mol. The number of alkyl halides is 2. The van der Waals surface area contributed by atoms with E-state index in [2.05, 4.69) is 9.72 Å². The zero-order valence-electron chi connectivity index (χ0n) is 8.00. The van der Waals surface area contributed by atoms with Crippen molar-refractivity contribution in [2.24, 2.45) is 0 Å². The van der Waals surface area contributed by atoms with E-state index in [0.717, 1.165) is 5.56 Å². The van der Waals surface area contributed by atoms with Crippen molar-refractivity contribution in [3.8, 4) is 5.75 Å². The van der Waals surface area contributed by atoms with Crippen LogP contribution >= 0.6 is 0 Å². The molecule has 0 bridgehead atoms. The molecule has 0 saturated heterocycles. The first-order valence-electron chi connectivity index (χ1n) is 4.16. The lowest BCUT2D eigenvalue weighted by molar-refractivity contribution is -0.131. The summed E-state index contributed by atoms with van der Waals surface area (Å²) in [4.78, 5) is 3.75. The lowest BCUT2D eigenvalue weighted by Gasteiger charge is -2.13. The van der Waals surface area contributed by atoms with Gasteiger partial charge in [-0.05, 0) is 25.5 Å². The van der Waals surface area contributed by atoms with Crippen molar-refractivity contribution in [3.05, 3.63) is 36.2 Å². The van der Waals surface area contributed by atoms with E-state index in [4.69, 9.17) is 0 Å². The molecule has 0 aliphatic carbocycles. The van der Waals surface area contributed by atoms with Crippen LogP contribution in [0.2, 0.25) is 0 Å². The normalized spacial score (nSPS) is 12.0. The fraction of sp³-hybridized carbons (Fsp3) is 0.300. The molecule has 1 rings (SSSR count). The Kier molecular flexibility index (Phi) is 3.17. The largest absolute Gasteiger partial charge is 0.428 e. The minimum atomic E-state index is -3.27. The lowest BCUT2D eigenvalue weighted by Crippen LogP contribution is -2.21. The summed E-state index contributed by atoms with van der Waals surface area (Å²) >= 11 is 0. The number of hydrogen-bond acceptors (Lipinski definition) is 2. The summed E-state index contributed by atoms with van der Waals surface area (Å²) in [6.45, 7) is 3.26. The molecule has 0 saturated carbocycles. The molecule has 14 heavy (non-hydrogen) atoms. The summed E-state index contributed by atoms with van der Waals surface area (Å²) in [5.74, 6) is 0.0631. The monoisotopic (exact) mass is 199 g/mol. The molecule has 1 aromatic rings. The molecular formula is C10H11F2NO. The van der Waals surface area contributed by atoms with Crippen molar-refractivity contribution in [2.45, 2.75) is 20.0 Å². The van der Waals surface area contributed by atoms with E-state index in [1.165, 1.54) is 25.3 Å². The molecule has 0 aliphatic heterocycles. The van der Waals surface area contributed by atoms with Crippen LogP contribution in [0.15, 0.2) is 30.6 Å². The fourth-order valence-electron chi connectivity index (χ4n) is 0.968. The van der Waals surface area contributed by atoms with Crippen LogP contribution < -0.4 is 4.74 Å². The second-order valence-electron chi connectivity index (χ2n) is 2.86. The van der Waals surface area contributed by atoms with Gasteiger partial charge in [-0.2, -0.15) is 8.78 Å². The van der Waals surface area contributed by atoms with Gasteiger partial charge >= 0.3 is 6.11 Å². The quantitative estimate of drug-likeness (QED) is 0.698. The van der Waals surface area contributed by atoms with E-state index in [-0.39, 0.29) is 5.75 Å². The Hall–Kier alpha value is -1.45. The van der Waals surface area contributed by atoms with Gasteiger partial charge in [0.25, 0.3) is 0 Å². The zero-order valence-corrected chi connectivity index (χ0v) is 8.00. The van der Waals surface area contributed by atoms with Crippen LogP contribution in [0, 0.1) is 6.92 Å². The molecule has 1 aromatic heterocycles. The Labute approximate surface area is 81.2 Å². The number of pyridine rings is 1. The summed E-state index contributed by atoms with van der Waals surface area (Å²) in [6.07, 6.45) is 1.48. The third-order valence-corrected chi connectivity index (χ3v) is 1.46. The van der Waals surface area contributed by atoms with Crippen molar-refractivity contribution >= 4 is 0 Å². The first kappa shape index (κ1) is 10.6. The SMILES string of the molecule is C/C=C/C(F)(F)Oc1cncc(C)c1. The maximum Gasteiger partial charge on any atom is 0.419 e. The third kappa shape index (κ3) is 3.12. The number of allylic oxidation sites excluding steroid dienone is 1. The maximum absolute atomic E-state index is 12.9. The van der Waals surface area contributed by atoms with E-state index >= 15 is 0 Å². The van der Waals surface area contributed by atoms with Crippen molar-refractivity contribution in [1.29, 1.82) is 0 Å². The highest BCUT2D eigenvalue weighted by Gasteiger charge is 2.27. The Morgan fingerprint density at radius 3 is 2.71 bits per heavy atom. The van der Waals surface area contributed by atoms with Crippen molar-refractivity contribution < 1.29 is 13.5 Å². The molecule has 1 heterocycles. The molecule has 0 unspecified atom stereocenters. The van der Waals surface area contributed by atoms with Crippen LogP contribution in [0.5, 0.6) is 5.75 Å². The highest BCUT2D eigenvalue weighted by Crippen LogP contribution is 2.22. The van der Waals surface area contributed by atoms with E-state index in [0.29, 0.717) is 6.08 Å². The Bertz CT molecular complexity index is 337. The third-order valence-electron chi connectivity index (χ3n) is 1.46. The summed E-state index contributed by atoms with van der Waals surface area (Å²) in [5.41, 5.74) is 0.777. The Morgan fingerprint density at radius 1 is 1.43 bits per heavy atom. The van der Waals surface area contributed by atoms with Crippen molar-refractivity contribution in [2.75, 3.05) is 0 Å². The van der Waals surface area contributed by atoms with Gasteiger partial charge in [-0.3, -0.25) is 4.98 Å². The highest BCUT2D eigenvalue weighted by atomic mass is 19.3. The Balaban J connectivity index is 2.78. The Morgan fingerprint density at radius 2 is 2.14 bits per heavy atom. The number of ether oxygens (including phenoxy) is 1. The molecule has 0 atom stereocenters. The maximum atomic E-state index is 12.9. The molecular weight excluding hydrogens is 188 g/mol. The number of aromatic nitrogens is 1. The van der Waals surface area contributed by atoms with E-state index in [9.17, 15) is 8.78 Å². The van der Waals surface area contributed by atoms with Gasteiger partial charge in [-0.15, -0.1) is 0 Å². The van der Waals surface area contributed by atoms with Gasteiger partial charge in [0.15, 0.2) is 0 Å². The molecule has 0 amide bonds. The average molecular weight is 199 g/mol. The minimum absolute atomic E-state index is 0.0631. The highest BCUT2D eigenvalue weighted by molar-refractivity contribution is 5.23. The molecule has 0 radical (unpaired) electrons. The molecule has 76 valence electrons. The molecule has 0 N–H and O–H groups in total. The second kappa shape index (κ2) is 4.17. The second-order valence-corrected chi connectivity index (χ2v) is 2.86. The summed E-state index contributed by atoms with van der Waals surface area (Å²) in [6, 6.07) is 1.50. The van der Waals surface area contributed by atoms with Crippen LogP contribution in [0.4, 0.5) is 8.78 Å². The number of nitrogens with zero attached hydrogens (tertiary/aromatic N) is 1. The van der Waals surface area contributed by atoms with Gasteiger partial charge in [0, 0.05) is 12.3 Å². The van der Waals surface area contributed by atoms with E-state index in [1.807, 2.05) is 0 Å². The molecule has 2 nitrogen and oxygen atoms in total. The van der Waals surface area contributed by atoms with Gasteiger partial charge in [-0.25, -0.2) is 0 Å². The van der Waals surface area contributed by atoms with Crippen LogP contribution in [0.1, 0.15) is 12.5 Å². The smallest absolute Gasteiger partial charge is 0.419 e. The van der Waals surface area contributed by atoms with Gasteiger partial charge in [-0.1, -0.05) is 6.08 Å². The van der Waals surface area contributed by atoms with Crippen LogP contribution in [-0.4, -0.2) is 11.1 Å². The van der Waals surface area contributed by atoms with Crippen molar-refractivity contribution in [3.63, 3.8) is 0 Å². The van der Waals surface area contributed by atoms with Gasteiger partial charge in [0.05, 0.1) is 6.20 Å². The summed E-state index contributed by atoms with van der Waals surface area (Å²) < 4.78 is 30.2. The average Bonchev–Trinajstić information content (AvgIpc) is 2.02. The molecule has 0 fully saturated rings. The zero-order chi connectivity index (χ0) is 10.6. The molecule has 0 spiro atoms. The van der Waals surface area contributed by atoms with Gasteiger partial charge in [0.2, 0.25) is 0 Å². The van der Waals surface area contributed by atoms with Crippen LogP contribution in [-0.2, 0) is 0 Å². The van der Waals surface area contributed by atoms with Crippen molar-refractivity contribution in [1.82, 2.24) is 4.98 Å². The summed E-state index contributed by atoms with van der Waals surface area (Å²) in [7, 11) is 0. The fourth-order valence-corrected chi connectivity index (χ4v) is 0.968. The number of hydrogen-bond donors (Lipinski definition) is 0. The van der Waals surface area contributed by atoms with E-state index < -0.39 is 6.11 Å². The topological polar surface area (TPSA) is 22.1 Å². The lowest BCUT2D eigenvalue weighted by atomic mass is 10.3. The van der Waals surface area contributed by atoms with Gasteiger partial charge in [0.1, 0.15) is 5.75 Å².